The summed E-state index contributed by atoms with van der Waals surface area (Å²) in [6.07, 6.45) is 0.487. The molecule has 0 aliphatic carbocycles. The topological polar surface area (TPSA) is 87.7 Å². The monoisotopic (exact) mass is 395 g/mol. The van der Waals surface area contributed by atoms with Crippen molar-refractivity contribution in [1.29, 1.82) is 0 Å². The molecule has 7 nitrogen and oxygen atoms in total. The Bertz CT molecular complexity index is 852. The van der Waals surface area contributed by atoms with Gasteiger partial charge < -0.3 is 20.3 Å². The van der Waals surface area contributed by atoms with E-state index in [0.717, 1.165) is 11.3 Å². The molecule has 29 heavy (non-hydrogen) atoms. The molecule has 1 unspecified atom stereocenters. The molecule has 1 saturated heterocycles. The number of rotatable bonds is 8. The lowest BCUT2D eigenvalue weighted by Gasteiger charge is -2.17. The quantitative estimate of drug-likeness (QED) is 0.664. The largest absolute Gasteiger partial charge is 0.497 e. The predicted molar refractivity (Wildman–Crippen MR) is 110 cm³/mol. The summed E-state index contributed by atoms with van der Waals surface area (Å²) < 4.78 is 5.13. The van der Waals surface area contributed by atoms with Crippen molar-refractivity contribution in [3.63, 3.8) is 0 Å². The van der Waals surface area contributed by atoms with Crippen LogP contribution in [0.1, 0.15) is 12.0 Å². The van der Waals surface area contributed by atoms with E-state index in [1.165, 1.54) is 0 Å². The molecule has 3 amide bonds. The number of hydrogen-bond acceptors (Lipinski definition) is 4. The number of methoxy groups -OCH3 is 1. The first-order chi connectivity index (χ1) is 14.1. The number of carbonyl (C=O) groups is 3. The Morgan fingerprint density at radius 3 is 2.41 bits per heavy atom. The highest BCUT2D eigenvalue weighted by atomic mass is 16.5. The number of benzene rings is 2. The molecule has 0 aromatic heterocycles. The highest BCUT2D eigenvalue weighted by molar-refractivity contribution is 6.00. The van der Waals surface area contributed by atoms with Gasteiger partial charge in [0, 0.05) is 31.7 Å². The summed E-state index contributed by atoms with van der Waals surface area (Å²) >= 11 is 0. The van der Waals surface area contributed by atoms with Crippen molar-refractivity contribution in [2.75, 3.05) is 31.6 Å². The van der Waals surface area contributed by atoms with Crippen LogP contribution in [0, 0.1) is 5.92 Å². The second-order valence-electron chi connectivity index (χ2n) is 6.91. The Balaban J connectivity index is 1.40. The second-order valence-corrected chi connectivity index (χ2v) is 6.91. The fourth-order valence-corrected chi connectivity index (χ4v) is 3.27. The molecule has 2 aromatic rings. The summed E-state index contributed by atoms with van der Waals surface area (Å²) in [5.74, 6) is -0.0288. The first kappa shape index (κ1) is 20.4. The Morgan fingerprint density at radius 1 is 1.03 bits per heavy atom. The smallest absolute Gasteiger partial charge is 0.227 e. The highest BCUT2D eigenvalue weighted by Gasteiger charge is 2.34. The van der Waals surface area contributed by atoms with Crippen LogP contribution in [0.5, 0.6) is 5.75 Å². The van der Waals surface area contributed by atoms with E-state index in [0.29, 0.717) is 31.8 Å². The molecular weight excluding hydrogens is 370 g/mol. The minimum Gasteiger partial charge on any atom is -0.497 e. The fraction of sp³-hybridized carbons (Fsp3) is 0.318. The molecule has 2 aromatic carbocycles. The van der Waals surface area contributed by atoms with Gasteiger partial charge in [-0.2, -0.15) is 0 Å². The molecule has 0 radical (unpaired) electrons. The van der Waals surface area contributed by atoms with Gasteiger partial charge in [0.2, 0.25) is 17.7 Å². The molecule has 0 bridgehead atoms. The lowest BCUT2D eigenvalue weighted by atomic mass is 10.1. The van der Waals surface area contributed by atoms with Gasteiger partial charge in [-0.15, -0.1) is 0 Å². The summed E-state index contributed by atoms with van der Waals surface area (Å²) in [6, 6.07) is 16.7. The second kappa shape index (κ2) is 9.73. The molecule has 1 atom stereocenters. The highest BCUT2D eigenvalue weighted by Crippen LogP contribution is 2.26. The van der Waals surface area contributed by atoms with Crippen molar-refractivity contribution in [1.82, 2.24) is 10.6 Å². The Morgan fingerprint density at radius 2 is 1.72 bits per heavy atom. The molecule has 3 rings (SSSR count). The maximum absolute atomic E-state index is 12.4. The van der Waals surface area contributed by atoms with Gasteiger partial charge in [-0.25, -0.2) is 0 Å². The van der Waals surface area contributed by atoms with E-state index in [1.54, 1.807) is 36.3 Å². The molecule has 152 valence electrons. The van der Waals surface area contributed by atoms with E-state index in [9.17, 15) is 14.4 Å². The average Bonchev–Trinajstić information content (AvgIpc) is 3.13. The third-order valence-electron chi connectivity index (χ3n) is 4.83. The van der Waals surface area contributed by atoms with Gasteiger partial charge in [-0.3, -0.25) is 14.4 Å². The summed E-state index contributed by atoms with van der Waals surface area (Å²) in [7, 11) is 1.58. The van der Waals surface area contributed by atoms with Gasteiger partial charge in [0.15, 0.2) is 0 Å². The minimum absolute atomic E-state index is 0.0773. The molecule has 2 N–H and O–H groups in total. The Kier molecular flexibility index (Phi) is 6.84. The zero-order valence-electron chi connectivity index (χ0n) is 16.4. The van der Waals surface area contributed by atoms with E-state index in [1.807, 2.05) is 30.3 Å². The third kappa shape index (κ3) is 5.57. The predicted octanol–water partition coefficient (Wildman–Crippen LogP) is 1.52. The van der Waals surface area contributed by atoms with Crippen LogP contribution in [-0.4, -0.2) is 44.5 Å². The summed E-state index contributed by atoms with van der Waals surface area (Å²) in [5, 5.41) is 5.59. The number of nitrogens with one attached hydrogen (secondary N) is 2. The number of anilines is 1. The first-order valence-electron chi connectivity index (χ1n) is 9.59. The molecule has 1 heterocycles. The lowest BCUT2D eigenvalue weighted by molar-refractivity contribution is -0.126. The molecular formula is C22H25N3O4. The van der Waals surface area contributed by atoms with E-state index < -0.39 is 5.92 Å². The van der Waals surface area contributed by atoms with Gasteiger partial charge in [-0.05, 0) is 29.8 Å². The van der Waals surface area contributed by atoms with Crippen molar-refractivity contribution >= 4 is 23.4 Å². The van der Waals surface area contributed by atoms with Crippen LogP contribution in [-0.2, 0) is 20.8 Å². The molecule has 1 aliphatic rings. The third-order valence-corrected chi connectivity index (χ3v) is 4.83. The van der Waals surface area contributed by atoms with Gasteiger partial charge in [-0.1, -0.05) is 30.3 Å². The molecule has 1 aliphatic heterocycles. The SMILES string of the molecule is COc1ccc(N2CC(C(=O)NCCNC(=O)Cc3ccccc3)CC2=O)cc1. The zero-order valence-corrected chi connectivity index (χ0v) is 16.4. The van der Waals surface area contributed by atoms with Gasteiger partial charge in [0.25, 0.3) is 0 Å². The maximum atomic E-state index is 12.4. The number of nitrogens with zero attached hydrogens (tertiary/aromatic N) is 1. The van der Waals surface area contributed by atoms with E-state index >= 15 is 0 Å². The van der Waals surface area contributed by atoms with E-state index in [-0.39, 0.29) is 24.1 Å². The summed E-state index contributed by atoms with van der Waals surface area (Å²) in [5.41, 5.74) is 1.69. The number of hydrogen-bond donors (Lipinski definition) is 2. The molecule has 0 saturated carbocycles. The zero-order chi connectivity index (χ0) is 20.6. The number of amides is 3. The van der Waals surface area contributed by atoms with Gasteiger partial charge in [0.05, 0.1) is 19.4 Å². The van der Waals surface area contributed by atoms with E-state index in [4.69, 9.17) is 4.74 Å². The van der Waals surface area contributed by atoms with Crippen LogP contribution in [0.4, 0.5) is 5.69 Å². The average molecular weight is 395 g/mol. The fourth-order valence-electron chi connectivity index (χ4n) is 3.27. The van der Waals surface area contributed by atoms with Crippen LogP contribution in [0.3, 0.4) is 0 Å². The van der Waals surface area contributed by atoms with E-state index in [2.05, 4.69) is 10.6 Å². The summed E-state index contributed by atoms with van der Waals surface area (Å²) in [4.78, 5) is 38.2. The summed E-state index contributed by atoms with van der Waals surface area (Å²) in [6.45, 7) is 1.02. The number of carbonyl (C=O) groups excluding carboxylic acids is 3. The van der Waals surface area contributed by atoms with Crippen molar-refractivity contribution in [2.45, 2.75) is 12.8 Å². The van der Waals surface area contributed by atoms with Crippen molar-refractivity contribution in [3.05, 3.63) is 60.2 Å². The van der Waals surface area contributed by atoms with Crippen LogP contribution in [0.2, 0.25) is 0 Å². The normalized spacial score (nSPS) is 15.8. The van der Waals surface area contributed by atoms with Crippen LogP contribution >= 0.6 is 0 Å². The van der Waals surface area contributed by atoms with Crippen molar-refractivity contribution < 1.29 is 19.1 Å². The Hall–Kier alpha value is -3.35. The van der Waals surface area contributed by atoms with Crippen molar-refractivity contribution in [2.24, 2.45) is 5.92 Å². The molecule has 1 fully saturated rings. The van der Waals surface area contributed by atoms with Crippen LogP contribution < -0.4 is 20.3 Å². The molecule has 0 spiro atoms. The van der Waals surface area contributed by atoms with Crippen LogP contribution in [0.25, 0.3) is 0 Å². The Labute approximate surface area is 170 Å². The first-order valence-corrected chi connectivity index (χ1v) is 9.59. The van der Waals surface area contributed by atoms with Gasteiger partial charge in [0.1, 0.15) is 5.75 Å². The standard InChI is InChI=1S/C22H25N3O4/c1-29-19-9-7-18(8-10-19)25-15-17(14-21(25)27)22(28)24-12-11-23-20(26)13-16-5-3-2-4-6-16/h2-10,17H,11-15H2,1H3,(H,23,26)(H,24,28). The van der Waals surface area contributed by atoms with Gasteiger partial charge >= 0.3 is 0 Å². The van der Waals surface area contributed by atoms with Crippen molar-refractivity contribution in [3.8, 4) is 5.75 Å². The van der Waals surface area contributed by atoms with Crippen LogP contribution in [0.15, 0.2) is 54.6 Å². The number of ether oxygens (including phenoxy) is 1. The minimum atomic E-state index is -0.398. The molecule has 7 heteroatoms. The lowest BCUT2D eigenvalue weighted by Crippen LogP contribution is -2.38. The maximum Gasteiger partial charge on any atom is 0.227 e.